The summed E-state index contributed by atoms with van der Waals surface area (Å²) < 4.78 is 11.1. The van der Waals surface area contributed by atoms with Gasteiger partial charge in [-0.2, -0.15) is 0 Å². The molecule has 2 heterocycles. The number of fused-ring (bicyclic) bond motifs is 1. The molecular formula is C20H13Cl2N3O4S. The van der Waals surface area contributed by atoms with E-state index in [4.69, 9.17) is 32.4 Å². The number of halogens is 2. The quantitative estimate of drug-likeness (QED) is 0.396. The molecule has 2 N–H and O–H groups in total. The maximum absolute atomic E-state index is 12.7. The van der Waals surface area contributed by atoms with Gasteiger partial charge in [-0.3, -0.25) is 14.9 Å². The summed E-state index contributed by atoms with van der Waals surface area (Å²) in [7, 11) is 1.42. The maximum atomic E-state index is 12.7. The van der Waals surface area contributed by atoms with E-state index >= 15 is 0 Å². The topological polar surface area (TPSA) is 93.5 Å². The molecule has 0 aliphatic heterocycles. The number of benzene rings is 2. The fourth-order valence-electron chi connectivity index (χ4n) is 2.76. The number of aromatic nitrogens is 1. The van der Waals surface area contributed by atoms with Gasteiger partial charge in [0.15, 0.2) is 10.9 Å². The summed E-state index contributed by atoms with van der Waals surface area (Å²) >= 11 is 13.4. The number of hydrogen-bond acceptors (Lipinski definition) is 6. The normalized spacial score (nSPS) is 10.8. The van der Waals surface area contributed by atoms with E-state index in [2.05, 4.69) is 15.6 Å². The Morgan fingerprint density at radius 1 is 1.10 bits per heavy atom. The van der Waals surface area contributed by atoms with Crippen LogP contribution >= 0.6 is 34.5 Å². The molecule has 152 valence electrons. The Balaban J connectivity index is 1.56. The van der Waals surface area contributed by atoms with Crippen LogP contribution in [-0.4, -0.2) is 23.9 Å². The minimum absolute atomic E-state index is 0.191. The standard InChI is InChI=1S/C20H13Cl2N3O4S/c1-28-17-12(7-10(21)8-13(17)22)18(26)23-11-4-5-14-16(9-11)30-20(24-14)25-19(27)15-3-2-6-29-15/h2-9H,1H3,(H,23,26)(H,24,25,27). The fraction of sp³-hybridized carbons (Fsp3) is 0.0500. The van der Waals surface area contributed by atoms with E-state index in [1.54, 1.807) is 30.3 Å². The lowest BCUT2D eigenvalue weighted by molar-refractivity contribution is 0.0994. The van der Waals surface area contributed by atoms with E-state index in [1.807, 2.05) is 0 Å². The first-order valence-corrected chi connectivity index (χ1v) is 10.1. The predicted octanol–water partition coefficient (Wildman–Crippen LogP) is 5.71. The van der Waals surface area contributed by atoms with Gasteiger partial charge in [0.25, 0.3) is 11.8 Å². The molecule has 10 heteroatoms. The van der Waals surface area contributed by atoms with Crippen LogP contribution in [0, 0.1) is 0 Å². The molecule has 7 nitrogen and oxygen atoms in total. The summed E-state index contributed by atoms with van der Waals surface area (Å²) in [6.45, 7) is 0. The third-order valence-electron chi connectivity index (χ3n) is 4.07. The third kappa shape index (κ3) is 4.11. The van der Waals surface area contributed by atoms with Crippen molar-refractivity contribution in [2.24, 2.45) is 0 Å². The smallest absolute Gasteiger partial charge is 0.293 e. The summed E-state index contributed by atoms with van der Waals surface area (Å²) in [6, 6.07) is 11.4. The SMILES string of the molecule is COc1c(Cl)cc(Cl)cc1C(=O)Nc1ccc2nc(NC(=O)c3ccco3)sc2c1. The van der Waals surface area contributed by atoms with Crippen LogP contribution in [0.1, 0.15) is 20.9 Å². The average molecular weight is 462 g/mol. The van der Waals surface area contributed by atoms with Crippen LogP contribution < -0.4 is 15.4 Å². The average Bonchev–Trinajstić information content (AvgIpc) is 3.36. The third-order valence-corrected chi connectivity index (χ3v) is 5.50. The Bertz CT molecular complexity index is 1250. The van der Waals surface area contributed by atoms with Crippen LogP contribution in [0.15, 0.2) is 53.1 Å². The number of thiazole rings is 1. The van der Waals surface area contributed by atoms with Crippen molar-refractivity contribution < 1.29 is 18.7 Å². The van der Waals surface area contributed by atoms with E-state index in [9.17, 15) is 9.59 Å². The lowest BCUT2D eigenvalue weighted by atomic mass is 10.1. The van der Waals surface area contributed by atoms with Crippen molar-refractivity contribution in [1.82, 2.24) is 4.98 Å². The van der Waals surface area contributed by atoms with Crippen molar-refractivity contribution in [2.45, 2.75) is 0 Å². The molecule has 0 bridgehead atoms. The van der Waals surface area contributed by atoms with E-state index in [1.165, 1.54) is 36.8 Å². The van der Waals surface area contributed by atoms with Crippen LogP contribution in [-0.2, 0) is 0 Å². The highest BCUT2D eigenvalue weighted by Gasteiger charge is 2.18. The van der Waals surface area contributed by atoms with Gasteiger partial charge in [-0.25, -0.2) is 4.98 Å². The Morgan fingerprint density at radius 3 is 2.67 bits per heavy atom. The van der Waals surface area contributed by atoms with E-state index in [-0.39, 0.29) is 22.1 Å². The molecule has 0 fully saturated rings. The summed E-state index contributed by atoms with van der Waals surface area (Å²) in [5, 5.41) is 6.46. The number of hydrogen-bond donors (Lipinski definition) is 2. The molecule has 4 rings (SSSR count). The number of carbonyl (C=O) groups is 2. The first-order valence-electron chi connectivity index (χ1n) is 8.54. The van der Waals surface area contributed by atoms with Crippen molar-refractivity contribution in [1.29, 1.82) is 0 Å². The van der Waals surface area contributed by atoms with Gasteiger partial charge >= 0.3 is 0 Å². The van der Waals surface area contributed by atoms with Gasteiger partial charge in [-0.1, -0.05) is 34.5 Å². The zero-order valence-electron chi connectivity index (χ0n) is 15.4. The summed E-state index contributed by atoms with van der Waals surface area (Å²) in [4.78, 5) is 29.2. The van der Waals surface area contributed by atoms with Gasteiger partial charge in [0, 0.05) is 10.7 Å². The van der Waals surface area contributed by atoms with Gasteiger partial charge in [0.05, 0.1) is 34.2 Å². The number of furan rings is 1. The Kier molecular flexibility index (Phi) is 5.63. The molecule has 0 saturated heterocycles. The molecule has 0 radical (unpaired) electrons. The van der Waals surface area contributed by atoms with Crippen LogP contribution in [0.4, 0.5) is 10.8 Å². The molecular weight excluding hydrogens is 449 g/mol. The Hall–Kier alpha value is -3.07. The molecule has 30 heavy (non-hydrogen) atoms. The monoisotopic (exact) mass is 461 g/mol. The van der Waals surface area contributed by atoms with E-state index < -0.39 is 11.8 Å². The largest absolute Gasteiger partial charge is 0.494 e. The van der Waals surface area contributed by atoms with Crippen molar-refractivity contribution in [2.75, 3.05) is 17.7 Å². The Labute approximate surface area is 184 Å². The molecule has 2 amide bonds. The maximum Gasteiger partial charge on any atom is 0.293 e. The molecule has 4 aromatic rings. The first kappa shape index (κ1) is 20.2. The predicted molar refractivity (Wildman–Crippen MR) is 117 cm³/mol. The van der Waals surface area contributed by atoms with Gasteiger partial charge in [-0.05, 0) is 42.5 Å². The van der Waals surface area contributed by atoms with Crippen LogP contribution in [0.25, 0.3) is 10.2 Å². The molecule has 0 atom stereocenters. The number of amides is 2. The second-order valence-corrected chi connectivity index (χ2v) is 7.93. The highest BCUT2D eigenvalue weighted by atomic mass is 35.5. The Morgan fingerprint density at radius 2 is 1.93 bits per heavy atom. The zero-order chi connectivity index (χ0) is 21.3. The van der Waals surface area contributed by atoms with Gasteiger partial charge < -0.3 is 14.5 Å². The van der Waals surface area contributed by atoms with Crippen LogP contribution in [0.2, 0.25) is 10.0 Å². The van der Waals surface area contributed by atoms with Crippen LogP contribution in [0.3, 0.4) is 0 Å². The first-order chi connectivity index (χ1) is 14.4. The number of nitrogens with zero attached hydrogens (tertiary/aromatic N) is 1. The number of nitrogens with one attached hydrogen (secondary N) is 2. The van der Waals surface area contributed by atoms with Gasteiger partial charge in [-0.15, -0.1) is 0 Å². The van der Waals surface area contributed by atoms with Crippen LogP contribution in [0.5, 0.6) is 5.75 Å². The zero-order valence-corrected chi connectivity index (χ0v) is 17.7. The molecule has 0 aliphatic carbocycles. The number of carbonyl (C=O) groups excluding carboxylic acids is 2. The number of methoxy groups -OCH3 is 1. The summed E-state index contributed by atoms with van der Waals surface area (Å²) in [6.07, 6.45) is 1.42. The molecule has 0 saturated carbocycles. The lowest BCUT2D eigenvalue weighted by Crippen LogP contribution is -2.13. The van der Waals surface area contributed by atoms with E-state index in [0.717, 1.165) is 4.70 Å². The second-order valence-electron chi connectivity index (χ2n) is 6.06. The molecule has 2 aromatic carbocycles. The van der Waals surface area contributed by atoms with Crippen molar-refractivity contribution in [3.8, 4) is 5.75 Å². The minimum atomic E-state index is -0.425. The number of anilines is 2. The number of rotatable bonds is 5. The van der Waals surface area contributed by atoms with Crippen molar-refractivity contribution in [3.63, 3.8) is 0 Å². The minimum Gasteiger partial charge on any atom is -0.494 e. The molecule has 0 aliphatic rings. The molecule has 2 aromatic heterocycles. The van der Waals surface area contributed by atoms with E-state index in [0.29, 0.717) is 21.4 Å². The number of ether oxygens (including phenoxy) is 1. The highest BCUT2D eigenvalue weighted by Crippen LogP contribution is 2.33. The van der Waals surface area contributed by atoms with Gasteiger partial charge in [0.1, 0.15) is 5.75 Å². The van der Waals surface area contributed by atoms with Crippen molar-refractivity contribution in [3.05, 3.63) is 70.1 Å². The highest BCUT2D eigenvalue weighted by molar-refractivity contribution is 7.22. The summed E-state index contributed by atoms with van der Waals surface area (Å²) in [5.74, 6) is -0.388. The fourth-order valence-corrected chi connectivity index (χ4v) is 4.23. The van der Waals surface area contributed by atoms with Crippen molar-refractivity contribution >= 4 is 67.4 Å². The summed E-state index contributed by atoms with van der Waals surface area (Å²) in [5.41, 5.74) is 1.43. The molecule has 0 spiro atoms. The molecule has 0 unspecified atom stereocenters. The second kappa shape index (κ2) is 8.35. The lowest BCUT2D eigenvalue weighted by Gasteiger charge is -2.11. The van der Waals surface area contributed by atoms with Gasteiger partial charge in [0.2, 0.25) is 0 Å².